The van der Waals surface area contributed by atoms with Crippen LogP contribution in [0.25, 0.3) is 16.5 Å². The van der Waals surface area contributed by atoms with Gasteiger partial charge in [-0.25, -0.2) is 0 Å². The van der Waals surface area contributed by atoms with E-state index in [0.717, 1.165) is 18.0 Å². The van der Waals surface area contributed by atoms with E-state index < -0.39 is 0 Å². The van der Waals surface area contributed by atoms with Crippen LogP contribution in [-0.2, 0) is 0 Å². The van der Waals surface area contributed by atoms with Gasteiger partial charge >= 0.3 is 0 Å². The molecule has 0 bridgehead atoms. The minimum absolute atomic E-state index is 0.00101. The maximum atomic E-state index is 11.1. The lowest BCUT2D eigenvalue weighted by Crippen LogP contribution is -2.37. The molecule has 1 aliphatic heterocycles. The molecule has 0 spiro atoms. The van der Waals surface area contributed by atoms with Crippen molar-refractivity contribution in [2.24, 2.45) is 5.92 Å². The van der Waals surface area contributed by atoms with Crippen LogP contribution < -0.4 is 0 Å². The molecule has 150 valence electrons. The lowest BCUT2D eigenvalue weighted by molar-refractivity contribution is 0.149. The molecular formula is C22H24N4O2S. The van der Waals surface area contributed by atoms with Crippen LogP contribution in [0.2, 0.25) is 0 Å². The number of aromatic hydroxyl groups is 1. The summed E-state index contributed by atoms with van der Waals surface area (Å²) >= 11 is 1.50. The summed E-state index contributed by atoms with van der Waals surface area (Å²) in [5, 5.41) is 15.6. The number of furan rings is 1. The predicted molar refractivity (Wildman–Crippen MR) is 113 cm³/mol. The Morgan fingerprint density at radius 2 is 2.07 bits per heavy atom. The normalized spacial score (nSPS) is 19.0. The quantitative estimate of drug-likeness (QED) is 0.521. The van der Waals surface area contributed by atoms with Crippen LogP contribution in [-0.4, -0.2) is 37.7 Å². The van der Waals surface area contributed by atoms with E-state index in [2.05, 4.69) is 53.1 Å². The zero-order valence-electron chi connectivity index (χ0n) is 16.6. The van der Waals surface area contributed by atoms with E-state index in [1.54, 1.807) is 12.3 Å². The number of thiazole rings is 1. The summed E-state index contributed by atoms with van der Waals surface area (Å²) in [6.07, 6.45) is 4.03. The van der Waals surface area contributed by atoms with Crippen molar-refractivity contribution in [2.75, 3.05) is 13.1 Å². The van der Waals surface area contributed by atoms with Crippen LogP contribution in [0.5, 0.6) is 5.88 Å². The first kappa shape index (κ1) is 18.4. The zero-order chi connectivity index (χ0) is 20.0. The topological polar surface area (TPSA) is 66.8 Å². The Morgan fingerprint density at radius 3 is 2.76 bits per heavy atom. The molecule has 1 aromatic carbocycles. The summed E-state index contributed by atoms with van der Waals surface area (Å²) in [5.74, 6) is 1.90. The van der Waals surface area contributed by atoms with E-state index in [-0.39, 0.29) is 11.9 Å². The van der Waals surface area contributed by atoms with Gasteiger partial charge in [-0.05, 0) is 49.9 Å². The molecule has 4 heterocycles. The van der Waals surface area contributed by atoms with Gasteiger partial charge in [-0.3, -0.25) is 4.90 Å². The molecule has 29 heavy (non-hydrogen) atoms. The van der Waals surface area contributed by atoms with Crippen molar-refractivity contribution >= 4 is 16.3 Å². The van der Waals surface area contributed by atoms with Crippen LogP contribution in [0.3, 0.4) is 0 Å². The van der Waals surface area contributed by atoms with Gasteiger partial charge in [0.1, 0.15) is 0 Å². The predicted octanol–water partition coefficient (Wildman–Crippen LogP) is 4.89. The first-order chi connectivity index (χ1) is 14.1. The fraction of sp³-hybridized carbons (Fsp3) is 0.364. The van der Waals surface area contributed by atoms with Crippen molar-refractivity contribution in [1.82, 2.24) is 19.5 Å². The number of benzene rings is 1. The second kappa shape index (κ2) is 7.31. The van der Waals surface area contributed by atoms with E-state index in [9.17, 15) is 5.11 Å². The smallest absolute Gasteiger partial charge is 0.230 e. The largest absolute Gasteiger partial charge is 0.492 e. The highest BCUT2D eigenvalue weighted by molar-refractivity contribution is 7.17. The second-order valence-corrected chi connectivity index (χ2v) is 8.96. The maximum absolute atomic E-state index is 11.1. The highest BCUT2D eigenvalue weighted by Gasteiger charge is 2.32. The number of aromatic nitrogens is 3. The molecule has 0 unspecified atom stereocenters. The Kier molecular flexibility index (Phi) is 4.64. The van der Waals surface area contributed by atoms with Gasteiger partial charge in [-0.1, -0.05) is 48.1 Å². The highest BCUT2D eigenvalue weighted by Crippen LogP contribution is 2.41. The van der Waals surface area contributed by atoms with Gasteiger partial charge in [0.2, 0.25) is 16.7 Å². The zero-order valence-corrected chi connectivity index (χ0v) is 17.4. The van der Waals surface area contributed by atoms with Crippen molar-refractivity contribution in [2.45, 2.75) is 32.7 Å². The summed E-state index contributed by atoms with van der Waals surface area (Å²) in [4.78, 5) is 8.63. The monoisotopic (exact) mass is 408 g/mol. The number of nitrogens with zero attached hydrogens (tertiary/aromatic N) is 4. The fourth-order valence-electron chi connectivity index (χ4n) is 4.18. The lowest BCUT2D eigenvalue weighted by atomic mass is 9.95. The van der Waals surface area contributed by atoms with E-state index >= 15 is 0 Å². The summed E-state index contributed by atoms with van der Waals surface area (Å²) in [7, 11) is 0. The number of hydrogen-bond acceptors (Lipinski definition) is 6. The van der Waals surface area contributed by atoms with Crippen LogP contribution in [0, 0.1) is 12.8 Å². The Bertz CT molecular complexity index is 1110. The Balaban J connectivity index is 1.59. The standard InChI is InChI=1S/C22H24N4O2S/c1-14-7-9-16(10-8-14)18(25-11-3-5-15(2)13-25)19-21(27)26-22(29-19)23-20(24-26)17-6-4-12-28-17/h4,6-10,12,15,18,27H,3,5,11,13H2,1-2H3/t15-,18-/m1/s1. The average molecular weight is 409 g/mol. The lowest BCUT2D eigenvalue weighted by Gasteiger charge is -2.37. The van der Waals surface area contributed by atoms with Gasteiger partial charge in [-0.2, -0.15) is 9.50 Å². The summed E-state index contributed by atoms with van der Waals surface area (Å²) in [5.41, 5.74) is 2.42. The highest BCUT2D eigenvalue weighted by atomic mass is 32.1. The number of fused-ring (bicyclic) bond motifs is 1. The molecule has 0 aliphatic carbocycles. The molecule has 3 aromatic heterocycles. The molecule has 1 aliphatic rings. The first-order valence-electron chi connectivity index (χ1n) is 10.0. The average Bonchev–Trinajstić information content (AvgIpc) is 3.43. The van der Waals surface area contributed by atoms with Crippen molar-refractivity contribution in [3.63, 3.8) is 0 Å². The molecule has 0 amide bonds. The molecule has 4 aromatic rings. The van der Waals surface area contributed by atoms with E-state index in [0.29, 0.717) is 22.5 Å². The van der Waals surface area contributed by atoms with Crippen LogP contribution in [0.4, 0.5) is 0 Å². The van der Waals surface area contributed by atoms with Crippen molar-refractivity contribution in [1.29, 1.82) is 0 Å². The molecule has 0 saturated carbocycles. The van der Waals surface area contributed by atoms with Gasteiger partial charge in [0.15, 0.2) is 5.76 Å². The third kappa shape index (κ3) is 3.34. The van der Waals surface area contributed by atoms with Gasteiger partial charge in [0, 0.05) is 6.54 Å². The summed E-state index contributed by atoms with van der Waals surface area (Å²) in [6, 6.07) is 12.2. The third-order valence-electron chi connectivity index (χ3n) is 5.64. The number of hydrogen-bond donors (Lipinski definition) is 1. The van der Waals surface area contributed by atoms with Crippen molar-refractivity contribution < 1.29 is 9.52 Å². The van der Waals surface area contributed by atoms with Gasteiger partial charge in [0.25, 0.3) is 0 Å². The maximum Gasteiger partial charge on any atom is 0.230 e. The van der Waals surface area contributed by atoms with Crippen LogP contribution in [0.15, 0.2) is 47.1 Å². The van der Waals surface area contributed by atoms with Crippen molar-refractivity contribution in [3.05, 3.63) is 58.7 Å². The van der Waals surface area contributed by atoms with Crippen LogP contribution >= 0.6 is 11.3 Å². The molecular weight excluding hydrogens is 384 g/mol. The summed E-state index contributed by atoms with van der Waals surface area (Å²) < 4.78 is 6.93. The molecule has 1 fully saturated rings. The number of aryl methyl sites for hydroxylation is 1. The number of likely N-dealkylation sites (tertiary alicyclic amines) is 1. The Hall–Kier alpha value is -2.64. The van der Waals surface area contributed by atoms with E-state index in [4.69, 9.17) is 4.42 Å². The number of rotatable bonds is 4. The fourth-order valence-corrected chi connectivity index (χ4v) is 5.29. The van der Waals surface area contributed by atoms with Crippen molar-refractivity contribution in [3.8, 4) is 17.5 Å². The second-order valence-electron chi connectivity index (χ2n) is 7.95. The molecule has 6 nitrogen and oxygen atoms in total. The molecule has 1 N–H and O–H groups in total. The van der Waals surface area contributed by atoms with Gasteiger partial charge in [-0.15, -0.1) is 5.10 Å². The Labute approximate surface area is 173 Å². The molecule has 7 heteroatoms. The van der Waals surface area contributed by atoms with Gasteiger partial charge < -0.3 is 9.52 Å². The van der Waals surface area contributed by atoms with E-state index in [1.165, 1.54) is 39.8 Å². The minimum Gasteiger partial charge on any atom is -0.492 e. The summed E-state index contributed by atoms with van der Waals surface area (Å²) in [6.45, 7) is 6.44. The molecule has 2 atom stereocenters. The number of piperidine rings is 1. The Morgan fingerprint density at radius 1 is 1.24 bits per heavy atom. The molecule has 1 saturated heterocycles. The minimum atomic E-state index is -0.00101. The van der Waals surface area contributed by atoms with Crippen LogP contribution in [0.1, 0.15) is 41.8 Å². The third-order valence-corrected chi connectivity index (χ3v) is 6.71. The molecule has 5 rings (SSSR count). The van der Waals surface area contributed by atoms with Gasteiger partial charge in [0.05, 0.1) is 17.2 Å². The SMILES string of the molecule is Cc1ccc([C@H](c2sc3nc(-c4ccco4)nn3c2O)N2CCC[C@@H](C)C2)cc1. The molecule has 0 radical (unpaired) electrons. The first-order valence-corrected chi connectivity index (χ1v) is 10.8. The van der Waals surface area contributed by atoms with E-state index in [1.807, 2.05) is 6.07 Å².